The van der Waals surface area contributed by atoms with Crippen LogP contribution in [0.3, 0.4) is 0 Å². The van der Waals surface area contributed by atoms with Crippen molar-refractivity contribution in [3.8, 4) is 0 Å². The van der Waals surface area contributed by atoms with E-state index in [1.54, 1.807) is 0 Å². The zero-order valence-corrected chi connectivity index (χ0v) is 12.4. The van der Waals surface area contributed by atoms with Crippen molar-refractivity contribution >= 4 is 28.3 Å². The Bertz CT molecular complexity index is 976. The largest absolute Gasteiger partial charge is 0.418 e. The van der Waals surface area contributed by atoms with E-state index in [9.17, 15) is 27.2 Å². The van der Waals surface area contributed by atoms with Crippen LogP contribution in [0, 0.1) is 5.82 Å². The van der Waals surface area contributed by atoms with Crippen LogP contribution in [0.5, 0.6) is 0 Å². The SMILES string of the molecule is O=C(Nc1ccccc1C(F)(F)F)C(=O)c1c[nH]c2cc(F)ccc12. The third-order valence-electron chi connectivity index (χ3n) is 3.58. The van der Waals surface area contributed by atoms with Crippen LogP contribution < -0.4 is 5.32 Å². The monoisotopic (exact) mass is 350 g/mol. The number of aromatic amines is 1. The predicted molar refractivity (Wildman–Crippen MR) is 82.7 cm³/mol. The molecule has 0 spiro atoms. The van der Waals surface area contributed by atoms with E-state index >= 15 is 0 Å². The highest BCUT2D eigenvalue weighted by Gasteiger charge is 2.34. The van der Waals surface area contributed by atoms with Gasteiger partial charge in [0.05, 0.1) is 16.8 Å². The van der Waals surface area contributed by atoms with Crippen molar-refractivity contribution in [2.45, 2.75) is 6.18 Å². The Morgan fingerprint density at radius 3 is 2.48 bits per heavy atom. The predicted octanol–water partition coefficient (Wildman–Crippen LogP) is 4.15. The smallest absolute Gasteiger partial charge is 0.360 e. The van der Waals surface area contributed by atoms with Crippen LogP contribution in [0.1, 0.15) is 15.9 Å². The topological polar surface area (TPSA) is 62.0 Å². The van der Waals surface area contributed by atoms with Gasteiger partial charge in [-0.3, -0.25) is 9.59 Å². The number of hydrogen-bond donors (Lipinski definition) is 2. The Morgan fingerprint density at radius 1 is 1.04 bits per heavy atom. The summed E-state index contributed by atoms with van der Waals surface area (Å²) < 4.78 is 52.0. The van der Waals surface area contributed by atoms with E-state index in [2.05, 4.69) is 4.98 Å². The Kier molecular flexibility index (Phi) is 4.03. The number of rotatable bonds is 3. The lowest BCUT2D eigenvalue weighted by atomic mass is 10.1. The number of fused-ring (bicyclic) bond motifs is 1. The number of amides is 1. The molecule has 0 aliphatic heterocycles. The molecular formula is C17H10F4N2O2. The lowest BCUT2D eigenvalue weighted by molar-refractivity contribution is -0.137. The fourth-order valence-electron chi connectivity index (χ4n) is 2.43. The van der Waals surface area contributed by atoms with Gasteiger partial charge in [-0.25, -0.2) is 4.39 Å². The van der Waals surface area contributed by atoms with Crippen molar-refractivity contribution in [3.63, 3.8) is 0 Å². The van der Waals surface area contributed by atoms with E-state index in [1.807, 2.05) is 5.32 Å². The summed E-state index contributed by atoms with van der Waals surface area (Å²) in [6, 6.07) is 7.91. The molecule has 0 aliphatic carbocycles. The first-order valence-corrected chi connectivity index (χ1v) is 7.06. The molecule has 0 atom stereocenters. The van der Waals surface area contributed by atoms with Crippen molar-refractivity contribution in [2.75, 3.05) is 5.32 Å². The third kappa shape index (κ3) is 3.23. The van der Waals surface area contributed by atoms with Crippen LogP contribution in [0.2, 0.25) is 0 Å². The molecule has 2 aromatic carbocycles. The molecule has 0 aliphatic rings. The van der Waals surface area contributed by atoms with Crippen molar-refractivity contribution < 1.29 is 27.2 Å². The molecule has 128 valence electrons. The molecule has 0 saturated heterocycles. The minimum absolute atomic E-state index is 0.0583. The lowest BCUT2D eigenvalue weighted by Gasteiger charge is -2.12. The quantitative estimate of drug-likeness (QED) is 0.424. The second-order valence-corrected chi connectivity index (χ2v) is 5.22. The molecule has 2 N–H and O–H groups in total. The highest BCUT2D eigenvalue weighted by atomic mass is 19.4. The number of carbonyl (C=O) groups is 2. The molecule has 0 radical (unpaired) electrons. The fourth-order valence-corrected chi connectivity index (χ4v) is 2.43. The van der Waals surface area contributed by atoms with Crippen LogP contribution in [-0.2, 0) is 11.0 Å². The number of carbonyl (C=O) groups excluding carboxylic acids is 2. The Hall–Kier alpha value is -3.16. The highest BCUT2D eigenvalue weighted by molar-refractivity contribution is 6.48. The van der Waals surface area contributed by atoms with Crippen molar-refractivity contribution in [1.29, 1.82) is 0 Å². The summed E-state index contributed by atoms with van der Waals surface area (Å²) in [6.45, 7) is 0. The summed E-state index contributed by atoms with van der Waals surface area (Å²) in [4.78, 5) is 27.0. The number of aromatic nitrogens is 1. The third-order valence-corrected chi connectivity index (χ3v) is 3.58. The summed E-state index contributed by atoms with van der Waals surface area (Å²) in [5.74, 6) is -2.78. The molecule has 1 amide bonds. The molecule has 25 heavy (non-hydrogen) atoms. The number of Topliss-reactive ketones (excluding diaryl/α,β-unsaturated/α-hetero) is 1. The van der Waals surface area contributed by atoms with E-state index in [0.717, 1.165) is 24.3 Å². The molecule has 3 rings (SSSR count). The van der Waals surface area contributed by atoms with Crippen molar-refractivity contribution in [2.24, 2.45) is 0 Å². The number of ketones is 1. The van der Waals surface area contributed by atoms with Crippen molar-refractivity contribution in [1.82, 2.24) is 4.98 Å². The van der Waals surface area contributed by atoms with Crippen LogP contribution >= 0.6 is 0 Å². The number of benzene rings is 2. The second-order valence-electron chi connectivity index (χ2n) is 5.22. The van der Waals surface area contributed by atoms with Crippen LogP contribution in [-0.4, -0.2) is 16.7 Å². The van der Waals surface area contributed by atoms with E-state index in [-0.39, 0.29) is 5.56 Å². The molecule has 8 heteroatoms. The van der Waals surface area contributed by atoms with E-state index in [1.165, 1.54) is 24.4 Å². The molecule has 0 bridgehead atoms. The Labute approximate surface area is 138 Å². The number of hydrogen-bond acceptors (Lipinski definition) is 2. The molecule has 1 heterocycles. The molecule has 0 unspecified atom stereocenters. The van der Waals surface area contributed by atoms with Gasteiger partial charge in [-0.05, 0) is 30.3 Å². The maximum absolute atomic E-state index is 13.2. The number of nitrogens with one attached hydrogen (secondary N) is 2. The van der Waals surface area contributed by atoms with Crippen LogP contribution in [0.25, 0.3) is 10.9 Å². The second kappa shape index (κ2) is 6.04. The molecule has 0 fully saturated rings. The van der Waals surface area contributed by atoms with E-state index in [0.29, 0.717) is 10.9 Å². The van der Waals surface area contributed by atoms with Gasteiger partial charge in [0.1, 0.15) is 5.82 Å². The summed E-state index contributed by atoms with van der Waals surface area (Å²) >= 11 is 0. The van der Waals surface area contributed by atoms with Crippen LogP contribution in [0.15, 0.2) is 48.7 Å². The summed E-state index contributed by atoms with van der Waals surface area (Å²) in [6.07, 6.45) is -3.47. The normalized spacial score (nSPS) is 11.5. The van der Waals surface area contributed by atoms with Gasteiger partial charge in [0.2, 0.25) is 0 Å². The number of para-hydroxylation sites is 1. The number of halogens is 4. The first kappa shape index (κ1) is 16.7. The van der Waals surface area contributed by atoms with Crippen LogP contribution in [0.4, 0.5) is 23.2 Å². The van der Waals surface area contributed by atoms with E-state index in [4.69, 9.17) is 0 Å². The maximum Gasteiger partial charge on any atom is 0.418 e. The van der Waals surface area contributed by atoms with Gasteiger partial charge in [-0.2, -0.15) is 13.2 Å². The minimum atomic E-state index is -4.68. The van der Waals surface area contributed by atoms with Gasteiger partial charge in [-0.15, -0.1) is 0 Å². The van der Waals surface area contributed by atoms with Gasteiger partial charge in [0, 0.05) is 17.1 Å². The highest BCUT2D eigenvalue weighted by Crippen LogP contribution is 2.34. The Morgan fingerprint density at radius 2 is 1.76 bits per heavy atom. The molecule has 1 aromatic heterocycles. The Balaban J connectivity index is 1.90. The zero-order chi connectivity index (χ0) is 18.2. The summed E-state index contributed by atoms with van der Waals surface area (Å²) in [5, 5.41) is 2.28. The lowest BCUT2D eigenvalue weighted by Crippen LogP contribution is -2.24. The van der Waals surface area contributed by atoms with Gasteiger partial charge in [0.15, 0.2) is 0 Å². The number of anilines is 1. The molecular weight excluding hydrogens is 340 g/mol. The zero-order valence-electron chi connectivity index (χ0n) is 12.4. The summed E-state index contributed by atoms with van der Waals surface area (Å²) in [5.41, 5.74) is -1.33. The van der Waals surface area contributed by atoms with E-state index < -0.39 is 34.9 Å². The maximum atomic E-state index is 13.2. The van der Waals surface area contributed by atoms with Gasteiger partial charge in [-0.1, -0.05) is 12.1 Å². The molecule has 0 saturated carbocycles. The molecule has 4 nitrogen and oxygen atoms in total. The van der Waals surface area contributed by atoms with Gasteiger partial charge < -0.3 is 10.3 Å². The molecule has 3 aromatic rings. The average Bonchev–Trinajstić information content (AvgIpc) is 2.96. The number of alkyl halides is 3. The standard InChI is InChI=1S/C17H10F4N2O2/c18-9-5-6-10-11(8-22-14(10)7-9)15(24)16(25)23-13-4-2-1-3-12(13)17(19,20)21/h1-8,22H,(H,23,25). The average molecular weight is 350 g/mol. The summed E-state index contributed by atoms with van der Waals surface area (Å²) in [7, 11) is 0. The first-order valence-electron chi connectivity index (χ1n) is 7.06. The minimum Gasteiger partial charge on any atom is -0.360 e. The number of H-pyrrole nitrogens is 1. The fraction of sp³-hybridized carbons (Fsp3) is 0.0588. The van der Waals surface area contributed by atoms with Gasteiger partial charge in [0.25, 0.3) is 11.7 Å². The van der Waals surface area contributed by atoms with Gasteiger partial charge >= 0.3 is 6.18 Å². The van der Waals surface area contributed by atoms with Crippen molar-refractivity contribution in [3.05, 3.63) is 65.6 Å². The first-order chi connectivity index (χ1) is 11.8.